The van der Waals surface area contributed by atoms with Gasteiger partial charge < -0.3 is 7.43 Å². The second-order valence-corrected chi connectivity index (χ2v) is 5.27. The quantitative estimate of drug-likeness (QED) is 0.473. The molecule has 0 bridgehead atoms. The molecule has 0 saturated heterocycles. The van der Waals surface area contributed by atoms with E-state index in [1.807, 2.05) is 50.2 Å². The monoisotopic (exact) mass is 360 g/mol. The third-order valence-electron chi connectivity index (χ3n) is 2.58. The molecule has 0 spiro atoms. The molecule has 0 unspecified atom stereocenters. The predicted molar refractivity (Wildman–Crippen MR) is 94.1 cm³/mol. The van der Waals surface area contributed by atoms with Crippen LogP contribution in [0.25, 0.3) is 0 Å². The van der Waals surface area contributed by atoms with Crippen LogP contribution >= 0.6 is 0 Å². The zero-order chi connectivity index (χ0) is 14.7. The van der Waals surface area contributed by atoms with E-state index in [1.54, 1.807) is 0 Å². The minimum atomic E-state index is 0. The zero-order valence-electron chi connectivity index (χ0n) is 14.9. The Labute approximate surface area is 158 Å². The van der Waals surface area contributed by atoms with E-state index in [4.69, 9.17) is 0 Å². The van der Waals surface area contributed by atoms with Crippen LogP contribution in [0.1, 0.15) is 45.7 Å². The summed E-state index contributed by atoms with van der Waals surface area (Å²) in [6, 6.07) is 20.7. The first-order valence-corrected chi connectivity index (χ1v) is 7.07. The Balaban J connectivity index is -0.000000279. The van der Waals surface area contributed by atoms with E-state index >= 15 is 0 Å². The molecule has 2 aromatic rings. The van der Waals surface area contributed by atoms with Crippen molar-refractivity contribution in [1.82, 2.24) is 0 Å². The Morgan fingerprint density at radius 1 is 0.667 bits per heavy atom. The van der Waals surface area contributed by atoms with Crippen LogP contribution in [-0.2, 0) is 38.1 Å². The SMILES string of the molecule is CC.Cc1ccc(C(C)(C)C)cc1.[CH3-].[Y].c1ccccc1. The van der Waals surface area contributed by atoms with Gasteiger partial charge in [-0.15, -0.1) is 0 Å². The maximum atomic E-state index is 2.23. The van der Waals surface area contributed by atoms with E-state index in [1.165, 1.54) is 11.1 Å². The van der Waals surface area contributed by atoms with Gasteiger partial charge in [0.25, 0.3) is 0 Å². The second kappa shape index (κ2) is 14.5. The molecule has 0 aliphatic heterocycles. The van der Waals surface area contributed by atoms with Gasteiger partial charge >= 0.3 is 0 Å². The molecule has 0 N–H and O–H groups in total. The van der Waals surface area contributed by atoms with Gasteiger partial charge in [-0.25, -0.2) is 0 Å². The van der Waals surface area contributed by atoms with Crippen LogP contribution in [0.5, 0.6) is 0 Å². The second-order valence-electron chi connectivity index (χ2n) is 5.27. The molecule has 0 nitrogen and oxygen atoms in total. The molecule has 0 amide bonds. The molecule has 0 aliphatic rings. The minimum absolute atomic E-state index is 0. The minimum Gasteiger partial charge on any atom is -0.358 e. The van der Waals surface area contributed by atoms with Crippen molar-refractivity contribution in [3.8, 4) is 0 Å². The van der Waals surface area contributed by atoms with E-state index < -0.39 is 0 Å². The Bertz CT molecular complexity index is 383. The van der Waals surface area contributed by atoms with Gasteiger partial charge in [-0.1, -0.05) is 101 Å². The summed E-state index contributed by atoms with van der Waals surface area (Å²) in [5, 5.41) is 0. The van der Waals surface area contributed by atoms with E-state index in [2.05, 4.69) is 52.0 Å². The third kappa shape index (κ3) is 13.0. The maximum absolute atomic E-state index is 2.23. The normalized spacial score (nSPS) is 8.67. The van der Waals surface area contributed by atoms with Gasteiger partial charge in [-0.2, -0.15) is 0 Å². The van der Waals surface area contributed by atoms with Gasteiger partial charge in [0, 0.05) is 32.7 Å². The molecule has 115 valence electrons. The summed E-state index contributed by atoms with van der Waals surface area (Å²) >= 11 is 0. The van der Waals surface area contributed by atoms with Crippen molar-refractivity contribution in [2.75, 3.05) is 0 Å². The van der Waals surface area contributed by atoms with E-state index in [9.17, 15) is 0 Å². The van der Waals surface area contributed by atoms with Crippen molar-refractivity contribution < 1.29 is 32.7 Å². The van der Waals surface area contributed by atoms with Crippen molar-refractivity contribution in [2.24, 2.45) is 0 Å². The number of hydrogen-bond donors (Lipinski definition) is 0. The molecule has 0 atom stereocenters. The van der Waals surface area contributed by atoms with Crippen LogP contribution < -0.4 is 0 Å². The van der Waals surface area contributed by atoms with E-state index in [-0.39, 0.29) is 45.6 Å². The van der Waals surface area contributed by atoms with E-state index in [0.29, 0.717) is 0 Å². The first-order chi connectivity index (χ1) is 9.00. The van der Waals surface area contributed by atoms with Crippen LogP contribution in [-0.4, -0.2) is 0 Å². The number of rotatable bonds is 0. The molecule has 0 heterocycles. The molecule has 1 radical (unpaired) electrons. The largest absolute Gasteiger partial charge is 0.358 e. The summed E-state index contributed by atoms with van der Waals surface area (Å²) in [5.41, 5.74) is 3.02. The standard InChI is InChI=1S/C11H16.C6H6.C2H6.CH3.Y/c1-9-5-7-10(8-6-9)11(2,3)4;1-2-4-6-5-3-1;1-2;;/h5-8H,1-4H3;1-6H;1-2H3;1H3;/q;;;-1;. The van der Waals surface area contributed by atoms with Crippen molar-refractivity contribution in [3.63, 3.8) is 0 Å². The molecule has 1 heteroatoms. The van der Waals surface area contributed by atoms with Crippen molar-refractivity contribution in [1.29, 1.82) is 0 Å². The van der Waals surface area contributed by atoms with Gasteiger partial charge in [0.05, 0.1) is 0 Å². The molecular weight excluding hydrogens is 329 g/mol. The summed E-state index contributed by atoms with van der Waals surface area (Å²) in [7, 11) is 0. The number of hydrogen-bond acceptors (Lipinski definition) is 0. The van der Waals surface area contributed by atoms with Gasteiger partial charge in [-0.3, -0.25) is 0 Å². The smallest absolute Gasteiger partial charge is 0 e. The molecule has 21 heavy (non-hydrogen) atoms. The molecule has 2 rings (SSSR count). The van der Waals surface area contributed by atoms with Crippen LogP contribution in [0.15, 0.2) is 60.7 Å². The van der Waals surface area contributed by atoms with Gasteiger partial charge in [0.1, 0.15) is 0 Å². The average Bonchev–Trinajstić information content (AvgIpc) is 2.43. The summed E-state index contributed by atoms with van der Waals surface area (Å²) in [6.07, 6.45) is 0. The maximum Gasteiger partial charge on any atom is 0 e. The van der Waals surface area contributed by atoms with Crippen molar-refractivity contribution in [2.45, 2.75) is 47.0 Å². The van der Waals surface area contributed by atoms with Gasteiger partial charge in [0.2, 0.25) is 0 Å². The fraction of sp³-hybridized carbons (Fsp3) is 0.350. The Morgan fingerprint density at radius 3 is 1.19 bits per heavy atom. The Kier molecular flexibility index (Phi) is 17.6. The Morgan fingerprint density at radius 2 is 0.952 bits per heavy atom. The third-order valence-corrected chi connectivity index (χ3v) is 2.58. The van der Waals surface area contributed by atoms with Crippen LogP contribution in [0.2, 0.25) is 0 Å². The molecule has 2 aromatic carbocycles. The Hall–Kier alpha value is -0.456. The summed E-state index contributed by atoms with van der Waals surface area (Å²) in [5.74, 6) is 0. The first-order valence-electron chi connectivity index (χ1n) is 7.07. The van der Waals surface area contributed by atoms with Crippen LogP contribution in [0.3, 0.4) is 0 Å². The number of benzene rings is 2. The zero-order valence-corrected chi connectivity index (χ0v) is 17.7. The van der Waals surface area contributed by atoms with Crippen molar-refractivity contribution in [3.05, 3.63) is 79.2 Å². The molecular formula is C20H31Y-. The van der Waals surface area contributed by atoms with Crippen LogP contribution in [0, 0.1) is 14.4 Å². The summed E-state index contributed by atoms with van der Waals surface area (Å²) in [4.78, 5) is 0. The molecule has 0 fully saturated rings. The van der Waals surface area contributed by atoms with Crippen LogP contribution in [0.4, 0.5) is 0 Å². The molecule has 0 aromatic heterocycles. The topological polar surface area (TPSA) is 0 Å². The van der Waals surface area contributed by atoms with Crippen molar-refractivity contribution >= 4 is 0 Å². The average molecular weight is 360 g/mol. The fourth-order valence-electron chi connectivity index (χ4n) is 1.44. The molecule has 0 aliphatic carbocycles. The fourth-order valence-corrected chi connectivity index (χ4v) is 1.44. The molecule has 0 saturated carbocycles. The van der Waals surface area contributed by atoms with Gasteiger partial charge in [0.15, 0.2) is 0 Å². The number of aryl methyl sites for hydroxylation is 1. The van der Waals surface area contributed by atoms with E-state index in [0.717, 1.165) is 0 Å². The summed E-state index contributed by atoms with van der Waals surface area (Å²) in [6.45, 7) is 12.8. The van der Waals surface area contributed by atoms with Gasteiger partial charge in [-0.05, 0) is 17.9 Å². The summed E-state index contributed by atoms with van der Waals surface area (Å²) < 4.78 is 0. The predicted octanol–water partition coefficient (Wildman–Crippen LogP) is 6.45. The first kappa shape index (κ1) is 25.5.